The Hall–Kier alpha value is -2.63. The molecule has 1 aliphatic heterocycles. The molecule has 1 aliphatic rings. The Balaban J connectivity index is 1.62. The van der Waals surface area contributed by atoms with E-state index in [4.69, 9.17) is 4.74 Å². The van der Waals surface area contributed by atoms with Gasteiger partial charge in [-0.1, -0.05) is 32.0 Å². The van der Waals surface area contributed by atoms with Crippen molar-refractivity contribution in [1.82, 2.24) is 14.7 Å². The van der Waals surface area contributed by atoms with Gasteiger partial charge in [0, 0.05) is 13.1 Å². The van der Waals surface area contributed by atoms with Gasteiger partial charge in [-0.15, -0.1) is 0 Å². The first-order chi connectivity index (χ1) is 12.5. The molecule has 1 fully saturated rings. The highest BCUT2D eigenvalue weighted by Crippen LogP contribution is 2.21. The van der Waals surface area contributed by atoms with Gasteiger partial charge in [-0.3, -0.25) is 4.79 Å². The van der Waals surface area contributed by atoms with Crippen molar-refractivity contribution in [1.29, 1.82) is 0 Å². The number of piperidine rings is 1. The third kappa shape index (κ3) is 3.95. The van der Waals surface area contributed by atoms with Gasteiger partial charge in [-0.2, -0.15) is 5.10 Å². The molecule has 0 N–H and O–H groups in total. The highest BCUT2D eigenvalue weighted by molar-refractivity contribution is 5.92. The quantitative estimate of drug-likeness (QED) is 0.791. The Kier molecular flexibility index (Phi) is 5.40. The molecule has 1 aromatic carbocycles. The summed E-state index contributed by atoms with van der Waals surface area (Å²) in [6.07, 6.45) is 2.61. The fourth-order valence-corrected chi connectivity index (χ4v) is 3.60. The predicted molar refractivity (Wildman–Crippen MR) is 98.1 cm³/mol. The van der Waals surface area contributed by atoms with Crippen LogP contribution in [-0.2, 0) is 9.53 Å². The smallest absolute Gasteiger partial charge is 0.342 e. The lowest BCUT2D eigenvalue weighted by Crippen LogP contribution is -2.44. The van der Waals surface area contributed by atoms with Crippen molar-refractivity contribution >= 4 is 11.9 Å². The number of hydrogen-bond acceptors (Lipinski definition) is 4. The van der Waals surface area contributed by atoms with Crippen LogP contribution in [0.5, 0.6) is 0 Å². The second-order valence-electron chi connectivity index (χ2n) is 7.21. The first kappa shape index (κ1) is 18.2. The summed E-state index contributed by atoms with van der Waals surface area (Å²) >= 11 is 0. The number of rotatable bonds is 4. The van der Waals surface area contributed by atoms with Gasteiger partial charge in [0.15, 0.2) is 6.61 Å². The van der Waals surface area contributed by atoms with Crippen LogP contribution in [0.1, 0.15) is 36.3 Å². The molecule has 1 amide bonds. The molecule has 0 radical (unpaired) electrons. The van der Waals surface area contributed by atoms with Crippen LogP contribution < -0.4 is 0 Å². The van der Waals surface area contributed by atoms with Gasteiger partial charge in [0.25, 0.3) is 5.91 Å². The number of carbonyl (C=O) groups excluding carboxylic acids is 2. The van der Waals surface area contributed by atoms with Crippen LogP contribution in [0.2, 0.25) is 0 Å². The number of esters is 1. The molecule has 6 nitrogen and oxygen atoms in total. The van der Waals surface area contributed by atoms with Crippen molar-refractivity contribution in [2.24, 2.45) is 11.8 Å². The van der Waals surface area contributed by atoms with E-state index < -0.39 is 5.97 Å². The number of nitrogens with zero attached hydrogens (tertiary/aromatic N) is 3. The van der Waals surface area contributed by atoms with Gasteiger partial charge < -0.3 is 9.64 Å². The summed E-state index contributed by atoms with van der Waals surface area (Å²) in [5.41, 5.74) is 1.94. The Morgan fingerprint density at radius 2 is 1.81 bits per heavy atom. The summed E-state index contributed by atoms with van der Waals surface area (Å²) in [7, 11) is 0. The van der Waals surface area contributed by atoms with E-state index in [0.29, 0.717) is 23.1 Å². The third-order valence-electron chi connectivity index (χ3n) is 4.78. The number of hydrogen-bond donors (Lipinski definition) is 0. The van der Waals surface area contributed by atoms with Crippen LogP contribution in [0, 0.1) is 18.8 Å². The first-order valence-electron chi connectivity index (χ1n) is 9.00. The number of carbonyl (C=O) groups is 2. The molecule has 6 heteroatoms. The fourth-order valence-electron chi connectivity index (χ4n) is 3.60. The van der Waals surface area contributed by atoms with Crippen LogP contribution in [0.3, 0.4) is 0 Å². The molecule has 2 heterocycles. The van der Waals surface area contributed by atoms with Gasteiger partial charge in [-0.05, 0) is 37.3 Å². The zero-order chi connectivity index (χ0) is 18.7. The maximum atomic E-state index is 12.4. The van der Waals surface area contributed by atoms with Gasteiger partial charge >= 0.3 is 5.97 Å². The average molecular weight is 355 g/mol. The summed E-state index contributed by atoms with van der Waals surface area (Å²) in [6.45, 7) is 7.32. The van der Waals surface area contributed by atoms with Crippen LogP contribution in [0.4, 0.5) is 0 Å². The maximum Gasteiger partial charge on any atom is 0.342 e. The molecular formula is C20H25N3O3. The molecular weight excluding hydrogens is 330 g/mol. The van der Waals surface area contributed by atoms with Crippen LogP contribution in [0.15, 0.2) is 36.5 Å². The van der Waals surface area contributed by atoms with Gasteiger partial charge in [-0.25, -0.2) is 9.48 Å². The Labute approximate surface area is 153 Å². The van der Waals surface area contributed by atoms with E-state index in [0.717, 1.165) is 25.2 Å². The van der Waals surface area contributed by atoms with Crippen molar-refractivity contribution in [3.05, 3.63) is 47.8 Å². The van der Waals surface area contributed by atoms with E-state index in [1.807, 2.05) is 37.3 Å². The minimum atomic E-state index is -0.517. The van der Waals surface area contributed by atoms with E-state index >= 15 is 0 Å². The zero-order valence-electron chi connectivity index (χ0n) is 15.5. The number of ether oxygens (including phenoxy) is 1. The Bertz CT molecular complexity index is 775. The van der Waals surface area contributed by atoms with E-state index in [2.05, 4.69) is 18.9 Å². The lowest BCUT2D eigenvalue weighted by atomic mass is 9.92. The maximum absolute atomic E-state index is 12.4. The minimum Gasteiger partial charge on any atom is -0.452 e. The number of aromatic nitrogens is 2. The van der Waals surface area contributed by atoms with Crippen LogP contribution in [0.25, 0.3) is 5.69 Å². The molecule has 138 valence electrons. The van der Waals surface area contributed by atoms with Gasteiger partial charge in [0.05, 0.1) is 17.6 Å². The predicted octanol–water partition coefficient (Wildman–Crippen LogP) is 2.84. The highest BCUT2D eigenvalue weighted by atomic mass is 16.5. The summed E-state index contributed by atoms with van der Waals surface area (Å²) in [6, 6.07) is 9.57. The molecule has 0 spiro atoms. The van der Waals surface area contributed by atoms with E-state index in [1.54, 1.807) is 9.58 Å². The Morgan fingerprint density at radius 3 is 2.46 bits per heavy atom. The normalized spacial score (nSPS) is 20.0. The third-order valence-corrected chi connectivity index (χ3v) is 4.78. The number of benzene rings is 1. The van der Waals surface area contributed by atoms with Crippen LogP contribution >= 0.6 is 0 Å². The number of para-hydroxylation sites is 1. The summed E-state index contributed by atoms with van der Waals surface area (Å²) < 4.78 is 6.95. The molecule has 1 aromatic heterocycles. The van der Waals surface area contributed by atoms with Crippen molar-refractivity contribution in [2.45, 2.75) is 27.2 Å². The molecule has 2 aromatic rings. The lowest BCUT2D eigenvalue weighted by molar-refractivity contribution is -0.137. The SMILES string of the molecule is Cc1c(C(=O)OCC(=O)N2CC(C)CC(C)C2)cnn1-c1ccccc1. The van der Waals surface area contributed by atoms with Crippen molar-refractivity contribution in [2.75, 3.05) is 19.7 Å². The molecule has 2 unspecified atom stereocenters. The summed E-state index contributed by atoms with van der Waals surface area (Å²) in [5, 5.41) is 4.26. The zero-order valence-corrected chi connectivity index (χ0v) is 15.5. The van der Waals surface area contributed by atoms with E-state index in [9.17, 15) is 9.59 Å². The lowest BCUT2D eigenvalue weighted by Gasteiger charge is -2.34. The van der Waals surface area contributed by atoms with Crippen LogP contribution in [-0.4, -0.2) is 46.3 Å². The Morgan fingerprint density at radius 1 is 1.15 bits per heavy atom. The second-order valence-corrected chi connectivity index (χ2v) is 7.21. The summed E-state index contributed by atoms with van der Waals surface area (Å²) in [4.78, 5) is 26.5. The monoisotopic (exact) mass is 355 g/mol. The largest absolute Gasteiger partial charge is 0.452 e. The van der Waals surface area contributed by atoms with Crippen molar-refractivity contribution in [3.63, 3.8) is 0 Å². The molecule has 0 saturated carbocycles. The molecule has 26 heavy (non-hydrogen) atoms. The minimum absolute atomic E-state index is 0.134. The number of amides is 1. The molecule has 1 saturated heterocycles. The molecule has 0 aliphatic carbocycles. The molecule has 2 atom stereocenters. The van der Waals surface area contributed by atoms with Crippen molar-refractivity contribution < 1.29 is 14.3 Å². The highest BCUT2D eigenvalue weighted by Gasteiger charge is 2.26. The number of likely N-dealkylation sites (tertiary alicyclic amines) is 1. The average Bonchev–Trinajstić information content (AvgIpc) is 3.01. The molecule has 0 bridgehead atoms. The second kappa shape index (κ2) is 7.72. The fraction of sp³-hybridized carbons (Fsp3) is 0.450. The molecule has 3 rings (SSSR count). The van der Waals surface area contributed by atoms with Gasteiger partial charge in [0.1, 0.15) is 5.56 Å². The van der Waals surface area contributed by atoms with Crippen molar-refractivity contribution in [3.8, 4) is 5.69 Å². The van der Waals surface area contributed by atoms with E-state index in [1.165, 1.54) is 6.20 Å². The summed E-state index contributed by atoms with van der Waals surface area (Å²) in [5.74, 6) is 0.301. The topological polar surface area (TPSA) is 64.4 Å². The first-order valence-corrected chi connectivity index (χ1v) is 9.00. The van der Waals surface area contributed by atoms with E-state index in [-0.39, 0.29) is 12.5 Å². The standard InChI is InChI=1S/C20H25N3O3/c1-14-9-15(2)12-22(11-14)19(24)13-26-20(25)18-10-21-23(16(18)3)17-7-5-4-6-8-17/h4-8,10,14-15H,9,11-13H2,1-3H3. The van der Waals surface area contributed by atoms with Gasteiger partial charge in [0.2, 0.25) is 0 Å².